The highest BCUT2D eigenvalue weighted by atomic mass is 32.2. The molecule has 3 aromatic carbocycles. The molecule has 2 N–H and O–H groups in total. The van der Waals surface area contributed by atoms with Crippen molar-refractivity contribution >= 4 is 40.1 Å². The van der Waals surface area contributed by atoms with Gasteiger partial charge in [0.25, 0.3) is 0 Å². The fourth-order valence-corrected chi connectivity index (χ4v) is 3.72. The van der Waals surface area contributed by atoms with E-state index in [1.54, 1.807) is 13.2 Å². The SMILES string of the molecule is COc1cccc(NC(=O)CSc2nc(NCc3ccccc3)c3ccccc3n2)c1. The Bertz CT molecular complexity index is 1180. The van der Waals surface area contributed by atoms with Gasteiger partial charge in [-0.1, -0.05) is 60.3 Å². The van der Waals surface area contributed by atoms with E-state index in [2.05, 4.69) is 32.7 Å². The molecular weight excluding hydrogens is 408 g/mol. The summed E-state index contributed by atoms with van der Waals surface area (Å²) < 4.78 is 5.19. The molecule has 0 saturated heterocycles. The van der Waals surface area contributed by atoms with Crippen molar-refractivity contribution in [1.29, 1.82) is 0 Å². The minimum atomic E-state index is -0.131. The van der Waals surface area contributed by atoms with Gasteiger partial charge in [-0.25, -0.2) is 9.97 Å². The summed E-state index contributed by atoms with van der Waals surface area (Å²) in [4.78, 5) is 21.7. The van der Waals surface area contributed by atoms with Crippen LogP contribution in [0.2, 0.25) is 0 Å². The van der Waals surface area contributed by atoms with Crippen LogP contribution >= 0.6 is 11.8 Å². The topological polar surface area (TPSA) is 76.1 Å². The smallest absolute Gasteiger partial charge is 0.234 e. The molecule has 0 aliphatic rings. The van der Waals surface area contributed by atoms with Gasteiger partial charge < -0.3 is 15.4 Å². The normalized spacial score (nSPS) is 10.6. The average molecular weight is 431 g/mol. The summed E-state index contributed by atoms with van der Waals surface area (Å²) >= 11 is 1.30. The minimum absolute atomic E-state index is 0.131. The maximum Gasteiger partial charge on any atom is 0.234 e. The molecule has 0 atom stereocenters. The first-order valence-electron chi connectivity index (χ1n) is 9.82. The van der Waals surface area contributed by atoms with E-state index in [1.165, 1.54) is 11.8 Å². The number of anilines is 2. The molecule has 6 nitrogen and oxygen atoms in total. The lowest BCUT2D eigenvalue weighted by Crippen LogP contribution is -2.14. The number of nitrogens with one attached hydrogen (secondary N) is 2. The van der Waals surface area contributed by atoms with E-state index in [4.69, 9.17) is 4.74 Å². The molecule has 0 radical (unpaired) electrons. The number of benzene rings is 3. The fraction of sp³-hybridized carbons (Fsp3) is 0.125. The van der Waals surface area contributed by atoms with Gasteiger partial charge in [-0.05, 0) is 29.8 Å². The monoisotopic (exact) mass is 430 g/mol. The number of rotatable bonds is 8. The fourth-order valence-electron chi connectivity index (χ4n) is 3.06. The molecule has 1 heterocycles. The Labute approximate surface area is 185 Å². The van der Waals surface area contributed by atoms with Crippen molar-refractivity contribution in [2.75, 3.05) is 23.5 Å². The highest BCUT2D eigenvalue weighted by Crippen LogP contribution is 2.25. The summed E-state index contributed by atoms with van der Waals surface area (Å²) in [6.07, 6.45) is 0. The van der Waals surface area contributed by atoms with Gasteiger partial charge in [0, 0.05) is 23.7 Å². The Morgan fingerprint density at radius 1 is 0.968 bits per heavy atom. The van der Waals surface area contributed by atoms with Gasteiger partial charge in [0.2, 0.25) is 5.91 Å². The summed E-state index contributed by atoms with van der Waals surface area (Å²) in [6.45, 7) is 0.655. The van der Waals surface area contributed by atoms with Gasteiger partial charge in [-0.3, -0.25) is 4.79 Å². The van der Waals surface area contributed by atoms with Crippen LogP contribution in [0.5, 0.6) is 5.75 Å². The number of ether oxygens (including phenoxy) is 1. The Morgan fingerprint density at radius 3 is 2.61 bits per heavy atom. The Kier molecular flexibility index (Phi) is 6.64. The summed E-state index contributed by atoms with van der Waals surface area (Å²) in [5.41, 5.74) is 2.69. The number of fused-ring (bicyclic) bond motifs is 1. The van der Waals surface area contributed by atoms with Crippen molar-refractivity contribution in [2.45, 2.75) is 11.7 Å². The number of para-hydroxylation sites is 1. The Hall–Kier alpha value is -3.58. The van der Waals surface area contributed by atoms with E-state index in [1.807, 2.05) is 60.7 Å². The van der Waals surface area contributed by atoms with E-state index < -0.39 is 0 Å². The standard InChI is InChI=1S/C24H22N4O2S/c1-30-19-11-7-10-18(14-19)26-22(29)16-31-24-27-21-13-6-5-12-20(21)23(28-24)25-15-17-8-3-2-4-9-17/h2-14H,15-16H2,1H3,(H,26,29)(H,25,27,28). The van der Waals surface area contributed by atoms with E-state index in [-0.39, 0.29) is 11.7 Å². The third-order valence-electron chi connectivity index (χ3n) is 4.57. The summed E-state index contributed by atoms with van der Waals surface area (Å²) in [7, 11) is 1.59. The number of hydrogen-bond acceptors (Lipinski definition) is 6. The van der Waals surface area contributed by atoms with Crippen LogP contribution in [0.3, 0.4) is 0 Å². The van der Waals surface area contributed by atoms with Crippen LogP contribution in [-0.4, -0.2) is 28.7 Å². The van der Waals surface area contributed by atoms with Crippen LogP contribution < -0.4 is 15.4 Å². The highest BCUT2D eigenvalue weighted by Gasteiger charge is 2.11. The van der Waals surface area contributed by atoms with Crippen LogP contribution in [-0.2, 0) is 11.3 Å². The van der Waals surface area contributed by atoms with Crippen molar-refractivity contribution in [3.63, 3.8) is 0 Å². The second-order valence-electron chi connectivity index (χ2n) is 6.78. The summed E-state index contributed by atoms with van der Waals surface area (Å²) in [6, 6.07) is 25.3. The van der Waals surface area contributed by atoms with Crippen molar-refractivity contribution < 1.29 is 9.53 Å². The molecule has 31 heavy (non-hydrogen) atoms. The van der Waals surface area contributed by atoms with Crippen molar-refractivity contribution in [2.24, 2.45) is 0 Å². The number of nitrogens with zero attached hydrogens (tertiary/aromatic N) is 2. The van der Waals surface area contributed by atoms with Gasteiger partial charge >= 0.3 is 0 Å². The molecule has 0 spiro atoms. The lowest BCUT2D eigenvalue weighted by molar-refractivity contribution is -0.113. The number of hydrogen-bond donors (Lipinski definition) is 2. The van der Waals surface area contributed by atoms with E-state index in [0.29, 0.717) is 23.1 Å². The number of carbonyl (C=O) groups excluding carboxylic acids is 1. The van der Waals surface area contributed by atoms with Crippen LogP contribution in [0, 0.1) is 0 Å². The molecular formula is C24H22N4O2S. The molecule has 0 aliphatic carbocycles. The van der Waals surface area contributed by atoms with Crippen LogP contribution in [0.4, 0.5) is 11.5 Å². The van der Waals surface area contributed by atoms with E-state index in [0.717, 1.165) is 22.3 Å². The van der Waals surface area contributed by atoms with E-state index in [9.17, 15) is 4.79 Å². The summed E-state index contributed by atoms with van der Waals surface area (Å²) in [5.74, 6) is 1.52. The third kappa shape index (κ3) is 5.52. The average Bonchev–Trinajstić information content (AvgIpc) is 2.82. The first kappa shape index (κ1) is 20.7. The van der Waals surface area contributed by atoms with Crippen molar-refractivity contribution in [3.8, 4) is 5.75 Å². The molecule has 0 bridgehead atoms. The first-order chi connectivity index (χ1) is 15.2. The molecule has 0 fully saturated rings. The lowest BCUT2D eigenvalue weighted by atomic mass is 10.2. The molecule has 1 aromatic heterocycles. The van der Waals surface area contributed by atoms with Crippen LogP contribution in [0.25, 0.3) is 10.9 Å². The predicted molar refractivity (Wildman–Crippen MR) is 126 cm³/mol. The number of amides is 1. The maximum atomic E-state index is 12.4. The Morgan fingerprint density at radius 2 is 1.77 bits per heavy atom. The molecule has 4 aromatic rings. The molecule has 0 aliphatic heterocycles. The van der Waals surface area contributed by atoms with Gasteiger partial charge in [-0.15, -0.1) is 0 Å². The largest absolute Gasteiger partial charge is 0.497 e. The molecule has 1 amide bonds. The Balaban J connectivity index is 1.46. The minimum Gasteiger partial charge on any atom is -0.497 e. The van der Waals surface area contributed by atoms with E-state index >= 15 is 0 Å². The molecule has 0 unspecified atom stereocenters. The second kappa shape index (κ2) is 9.95. The quantitative estimate of drug-likeness (QED) is 0.303. The zero-order valence-electron chi connectivity index (χ0n) is 17.0. The molecule has 7 heteroatoms. The van der Waals surface area contributed by atoms with Gasteiger partial charge in [-0.2, -0.15) is 0 Å². The maximum absolute atomic E-state index is 12.4. The summed E-state index contributed by atoms with van der Waals surface area (Å²) in [5, 5.41) is 7.78. The number of methoxy groups -OCH3 is 1. The van der Waals surface area contributed by atoms with Crippen LogP contribution in [0.1, 0.15) is 5.56 Å². The number of carbonyl (C=O) groups is 1. The second-order valence-corrected chi connectivity index (χ2v) is 7.72. The number of aromatic nitrogens is 2. The lowest BCUT2D eigenvalue weighted by Gasteiger charge is -2.11. The predicted octanol–water partition coefficient (Wildman–Crippen LogP) is 4.98. The molecule has 0 saturated carbocycles. The third-order valence-corrected chi connectivity index (χ3v) is 5.42. The molecule has 4 rings (SSSR count). The van der Waals surface area contributed by atoms with Crippen LogP contribution in [0.15, 0.2) is 84.0 Å². The molecule has 156 valence electrons. The van der Waals surface area contributed by atoms with Gasteiger partial charge in [0.1, 0.15) is 11.6 Å². The van der Waals surface area contributed by atoms with Crippen molar-refractivity contribution in [1.82, 2.24) is 9.97 Å². The van der Waals surface area contributed by atoms with Gasteiger partial charge in [0.15, 0.2) is 5.16 Å². The first-order valence-corrected chi connectivity index (χ1v) is 10.8. The zero-order valence-corrected chi connectivity index (χ0v) is 17.9. The highest BCUT2D eigenvalue weighted by molar-refractivity contribution is 7.99. The van der Waals surface area contributed by atoms with Gasteiger partial charge in [0.05, 0.1) is 18.4 Å². The van der Waals surface area contributed by atoms with Crippen molar-refractivity contribution in [3.05, 3.63) is 84.4 Å². The zero-order chi connectivity index (χ0) is 21.5. The number of thioether (sulfide) groups is 1.